The van der Waals surface area contributed by atoms with E-state index >= 15 is 0 Å². The minimum Gasteiger partial charge on any atom is -0.463 e. The fraction of sp³-hybridized carbons (Fsp3) is 0.500. The van der Waals surface area contributed by atoms with Gasteiger partial charge in [0.15, 0.2) is 0 Å². The number of hydrogen-bond acceptors (Lipinski definition) is 14. The van der Waals surface area contributed by atoms with Crippen molar-refractivity contribution in [3.05, 3.63) is 60.2 Å². The number of ether oxygens (including phenoxy) is 6. The van der Waals surface area contributed by atoms with E-state index in [9.17, 15) is 19.2 Å². The van der Waals surface area contributed by atoms with E-state index in [1.54, 1.807) is 24.3 Å². The monoisotopic (exact) mass is 620 g/mol. The summed E-state index contributed by atoms with van der Waals surface area (Å²) in [6.07, 6.45) is 6.24. The van der Waals surface area contributed by atoms with Gasteiger partial charge >= 0.3 is 11.9 Å². The third-order valence-corrected chi connectivity index (χ3v) is 5.29. The Morgan fingerprint density at radius 2 is 0.818 bits per heavy atom. The molecule has 0 unspecified atom stereocenters. The predicted octanol–water partition coefficient (Wildman–Crippen LogP) is -0.421. The molecule has 16 nitrogen and oxygen atoms in total. The number of pyridine rings is 2. The highest BCUT2D eigenvalue weighted by Crippen LogP contribution is 1.96. The average molecular weight is 621 g/mol. The number of nitrogens with one attached hydrogen (secondary N) is 4. The number of hydrazine groups is 2. The molecule has 0 spiro atoms. The van der Waals surface area contributed by atoms with Crippen molar-refractivity contribution in [2.75, 3.05) is 79.2 Å². The largest absolute Gasteiger partial charge is 0.463 e. The third-order valence-electron chi connectivity index (χ3n) is 5.29. The van der Waals surface area contributed by atoms with Gasteiger partial charge in [0.1, 0.15) is 13.2 Å². The Labute approximate surface area is 255 Å². The molecule has 242 valence electrons. The zero-order chi connectivity index (χ0) is 31.5. The molecule has 0 aliphatic rings. The standard InChI is InChI=1S/C28H40N6O10/c35-25(5-11-31-33-27(37)23-1-7-29-8-2-23)43-21-19-41-17-15-39-13-14-40-16-18-42-20-22-44-26(36)6-12-32-34-28(38)24-3-9-30-10-4-24/h1-4,7-10,31-32H,5-6,11-22H2,(H,33,37)(H,34,38). The summed E-state index contributed by atoms with van der Waals surface area (Å²) in [4.78, 5) is 54.7. The molecule has 0 aromatic carbocycles. The van der Waals surface area contributed by atoms with Crippen molar-refractivity contribution < 1.29 is 47.6 Å². The smallest absolute Gasteiger partial charge is 0.307 e. The second-order valence-corrected chi connectivity index (χ2v) is 8.62. The molecule has 2 aromatic heterocycles. The van der Waals surface area contributed by atoms with Gasteiger partial charge < -0.3 is 28.4 Å². The lowest BCUT2D eigenvalue weighted by Gasteiger charge is -2.09. The van der Waals surface area contributed by atoms with Crippen molar-refractivity contribution in [3.63, 3.8) is 0 Å². The zero-order valence-electron chi connectivity index (χ0n) is 24.5. The Hall–Kier alpha value is -4.06. The highest BCUT2D eigenvalue weighted by molar-refractivity contribution is 5.94. The first-order chi connectivity index (χ1) is 21.6. The molecule has 2 rings (SSSR count). The first kappa shape index (κ1) is 36.1. The van der Waals surface area contributed by atoms with Crippen LogP contribution in [0.1, 0.15) is 33.6 Å². The summed E-state index contributed by atoms with van der Waals surface area (Å²) < 4.78 is 31.6. The Balaban J connectivity index is 1.25. The number of esters is 2. The topological polar surface area (TPSA) is 198 Å². The molecule has 44 heavy (non-hydrogen) atoms. The van der Waals surface area contributed by atoms with E-state index in [1.165, 1.54) is 24.8 Å². The Bertz CT molecular complexity index is 996. The summed E-state index contributed by atoms with van der Waals surface area (Å²) >= 11 is 0. The van der Waals surface area contributed by atoms with E-state index in [1.807, 2.05) is 0 Å². The molecule has 0 radical (unpaired) electrons. The normalized spacial score (nSPS) is 10.6. The molecule has 0 atom stereocenters. The molecule has 4 N–H and O–H groups in total. The van der Waals surface area contributed by atoms with E-state index in [0.717, 1.165) is 0 Å². The molecular weight excluding hydrogens is 580 g/mol. The van der Waals surface area contributed by atoms with Crippen LogP contribution in [0.25, 0.3) is 0 Å². The van der Waals surface area contributed by atoms with Crippen LogP contribution in [0.15, 0.2) is 49.1 Å². The fourth-order valence-corrected chi connectivity index (χ4v) is 3.10. The second-order valence-electron chi connectivity index (χ2n) is 8.62. The molecule has 2 heterocycles. The minimum atomic E-state index is -0.410. The van der Waals surface area contributed by atoms with Gasteiger partial charge in [-0.1, -0.05) is 0 Å². The molecule has 16 heteroatoms. The third kappa shape index (κ3) is 18.5. The second kappa shape index (κ2) is 24.4. The van der Waals surface area contributed by atoms with Crippen molar-refractivity contribution in [1.29, 1.82) is 0 Å². The van der Waals surface area contributed by atoms with Crippen LogP contribution >= 0.6 is 0 Å². The van der Waals surface area contributed by atoms with Gasteiger partial charge in [0.05, 0.1) is 65.7 Å². The molecule has 0 bridgehead atoms. The van der Waals surface area contributed by atoms with Crippen LogP contribution < -0.4 is 21.7 Å². The summed E-state index contributed by atoms with van der Waals surface area (Å²) in [7, 11) is 0. The number of rotatable bonds is 25. The molecule has 0 saturated carbocycles. The minimum absolute atomic E-state index is 0.0913. The maximum Gasteiger partial charge on any atom is 0.307 e. The number of aromatic nitrogens is 2. The van der Waals surface area contributed by atoms with Gasteiger partial charge in [-0.05, 0) is 24.3 Å². The summed E-state index contributed by atoms with van der Waals surface area (Å²) in [5.41, 5.74) is 11.2. The van der Waals surface area contributed by atoms with Crippen LogP contribution in [0.5, 0.6) is 0 Å². The maximum absolute atomic E-state index is 11.8. The SMILES string of the molecule is O=C(CCNNC(=O)c1ccncc1)OCCOCCOCCOCCOCCOC(=O)CCNNC(=O)c1ccncc1. The molecule has 0 aliphatic carbocycles. The summed E-state index contributed by atoms with van der Waals surface area (Å²) in [6, 6.07) is 6.31. The van der Waals surface area contributed by atoms with Crippen molar-refractivity contribution in [1.82, 2.24) is 31.7 Å². The van der Waals surface area contributed by atoms with Gasteiger partial charge in [0.2, 0.25) is 0 Å². The van der Waals surface area contributed by atoms with Gasteiger partial charge in [0.25, 0.3) is 11.8 Å². The van der Waals surface area contributed by atoms with E-state index in [-0.39, 0.29) is 64.2 Å². The van der Waals surface area contributed by atoms with Crippen LogP contribution in [0.4, 0.5) is 0 Å². The van der Waals surface area contributed by atoms with E-state index in [0.29, 0.717) is 50.8 Å². The van der Waals surface area contributed by atoms with Gasteiger partial charge in [0, 0.05) is 49.0 Å². The van der Waals surface area contributed by atoms with Crippen molar-refractivity contribution in [2.24, 2.45) is 0 Å². The van der Waals surface area contributed by atoms with Crippen molar-refractivity contribution in [2.45, 2.75) is 12.8 Å². The first-order valence-corrected chi connectivity index (χ1v) is 14.0. The quantitative estimate of drug-likeness (QED) is 0.0634. The van der Waals surface area contributed by atoms with Gasteiger partial charge in [-0.25, -0.2) is 10.9 Å². The highest BCUT2D eigenvalue weighted by atomic mass is 16.6. The summed E-state index contributed by atoms with van der Waals surface area (Å²) in [6.45, 7) is 3.38. The lowest BCUT2D eigenvalue weighted by molar-refractivity contribution is -0.146. The number of nitrogens with zero attached hydrogens (tertiary/aromatic N) is 2. The molecule has 0 fully saturated rings. The van der Waals surface area contributed by atoms with Crippen LogP contribution in [0, 0.1) is 0 Å². The predicted molar refractivity (Wildman–Crippen MR) is 154 cm³/mol. The molecule has 2 aromatic rings. The molecule has 0 aliphatic heterocycles. The zero-order valence-corrected chi connectivity index (χ0v) is 24.5. The molecule has 0 saturated heterocycles. The first-order valence-electron chi connectivity index (χ1n) is 14.0. The lowest BCUT2D eigenvalue weighted by Crippen LogP contribution is -2.38. The van der Waals surface area contributed by atoms with Crippen LogP contribution in [0.2, 0.25) is 0 Å². The number of carbonyl (C=O) groups is 4. The van der Waals surface area contributed by atoms with E-state index in [2.05, 4.69) is 31.7 Å². The van der Waals surface area contributed by atoms with E-state index in [4.69, 9.17) is 28.4 Å². The van der Waals surface area contributed by atoms with E-state index < -0.39 is 11.9 Å². The number of hydrogen-bond donors (Lipinski definition) is 4. The maximum atomic E-state index is 11.8. The lowest BCUT2D eigenvalue weighted by atomic mass is 10.3. The van der Waals surface area contributed by atoms with Crippen LogP contribution in [0.3, 0.4) is 0 Å². The highest BCUT2D eigenvalue weighted by Gasteiger charge is 2.07. The average Bonchev–Trinajstić information content (AvgIpc) is 3.05. The van der Waals surface area contributed by atoms with Gasteiger partial charge in [-0.3, -0.25) is 40.0 Å². The Kier molecular flexibility index (Phi) is 20.0. The molecular formula is C28H40N6O10. The van der Waals surface area contributed by atoms with Gasteiger partial charge in [-0.15, -0.1) is 0 Å². The number of carbonyl (C=O) groups excluding carboxylic acids is 4. The number of amides is 2. The van der Waals surface area contributed by atoms with Crippen molar-refractivity contribution >= 4 is 23.8 Å². The van der Waals surface area contributed by atoms with Crippen LogP contribution in [-0.4, -0.2) is 113 Å². The van der Waals surface area contributed by atoms with Crippen molar-refractivity contribution in [3.8, 4) is 0 Å². The summed E-state index contributed by atoms with van der Waals surface area (Å²) in [5.74, 6) is -1.46. The fourth-order valence-electron chi connectivity index (χ4n) is 3.10. The summed E-state index contributed by atoms with van der Waals surface area (Å²) in [5, 5.41) is 0. The Morgan fingerprint density at radius 1 is 0.500 bits per heavy atom. The Morgan fingerprint density at radius 3 is 1.16 bits per heavy atom. The van der Waals surface area contributed by atoms with Crippen LogP contribution in [-0.2, 0) is 38.0 Å². The molecule has 2 amide bonds. The van der Waals surface area contributed by atoms with Gasteiger partial charge in [-0.2, -0.15) is 0 Å².